The Morgan fingerprint density at radius 3 is 2.64 bits per heavy atom. The molecule has 2 N–H and O–H groups in total. The van der Waals surface area contributed by atoms with Crippen molar-refractivity contribution in [3.8, 4) is 0 Å². The predicted octanol–water partition coefficient (Wildman–Crippen LogP) is 1.72. The molecule has 2 nitrogen and oxygen atoms in total. The van der Waals surface area contributed by atoms with E-state index in [9.17, 15) is 5.11 Å². The van der Waals surface area contributed by atoms with E-state index in [1.165, 1.54) is 0 Å². The Kier molecular flexibility index (Phi) is 2.85. The first-order chi connectivity index (χ1) is 6.77. The number of nitrogens with one attached hydrogen (secondary N) is 1. The normalized spacial score (nSPS) is 29.0. The Morgan fingerprint density at radius 1 is 1.36 bits per heavy atom. The van der Waals surface area contributed by atoms with E-state index in [0.29, 0.717) is 5.92 Å². The molecule has 0 amide bonds. The molecule has 0 saturated carbocycles. The fourth-order valence-electron chi connectivity index (χ4n) is 2.08. The van der Waals surface area contributed by atoms with Crippen molar-refractivity contribution in [2.45, 2.75) is 25.5 Å². The molecule has 14 heavy (non-hydrogen) atoms. The molecule has 0 spiro atoms. The van der Waals surface area contributed by atoms with E-state index in [1.54, 1.807) is 0 Å². The summed E-state index contributed by atoms with van der Waals surface area (Å²) in [6, 6.07) is 10.1. The maximum atomic E-state index is 10.1. The molecule has 76 valence electrons. The number of aliphatic hydroxyl groups excluding tert-OH is 1. The maximum absolute atomic E-state index is 10.1. The third kappa shape index (κ3) is 1.97. The highest BCUT2D eigenvalue weighted by Gasteiger charge is 2.27. The summed E-state index contributed by atoms with van der Waals surface area (Å²) in [7, 11) is 0. The summed E-state index contributed by atoms with van der Waals surface area (Å²) in [5.74, 6) is 0.679. The third-order valence-electron chi connectivity index (χ3n) is 2.91. The molecule has 0 aliphatic carbocycles. The summed E-state index contributed by atoms with van der Waals surface area (Å²) >= 11 is 0. The largest absolute Gasteiger partial charge is 0.387 e. The zero-order valence-corrected chi connectivity index (χ0v) is 8.48. The number of hydrogen-bond acceptors (Lipinski definition) is 2. The molecule has 0 radical (unpaired) electrons. The zero-order valence-electron chi connectivity index (χ0n) is 8.48. The van der Waals surface area contributed by atoms with E-state index >= 15 is 0 Å². The van der Waals surface area contributed by atoms with Gasteiger partial charge in [0.25, 0.3) is 0 Å². The van der Waals surface area contributed by atoms with Gasteiger partial charge in [-0.1, -0.05) is 37.3 Å². The second kappa shape index (κ2) is 4.11. The summed E-state index contributed by atoms with van der Waals surface area (Å²) in [6.07, 6.45) is 0.705. The summed E-state index contributed by atoms with van der Waals surface area (Å²) in [5.41, 5.74) is 1.01. The standard InChI is InChI=1S/C12H17NO/c1-9-7-11(13-8-9)12(14)10-5-3-2-4-6-10/h2-6,9,11-14H,7-8H2,1H3. The molecular weight excluding hydrogens is 174 g/mol. The number of aliphatic hydroxyl groups is 1. The van der Waals surface area contributed by atoms with Gasteiger partial charge in [-0.05, 0) is 24.4 Å². The van der Waals surface area contributed by atoms with Gasteiger partial charge < -0.3 is 10.4 Å². The van der Waals surface area contributed by atoms with Crippen LogP contribution in [0.15, 0.2) is 30.3 Å². The quantitative estimate of drug-likeness (QED) is 0.746. The fourth-order valence-corrected chi connectivity index (χ4v) is 2.08. The fraction of sp³-hybridized carbons (Fsp3) is 0.500. The van der Waals surface area contributed by atoms with Crippen LogP contribution in [0.3, 0.4) is 0 Å². The molecule has 1 saturated heterocycles. The molecule has 1 aliphatic heterocycles. The molecule has 3 atom stereocenters. The molecule has 3 unspecified atom stereocenters. The van der Waals surface area contributed by atoms with Crippen LogP contribution in [0.25, 0.3) is 0 Å². The lowest BCUT2D eigenvalue weighted by Gasteiger charge is -2.18. The van der Waals surface area contributed by atoms with Crippen LogP contribution in [0.1, 0.15) is 25.0 Å². The van der Waals surface area contributed by atoms with Gasteiger partial charge in [0.05, 0.1) is 6.10 Å². The second-order valence-corrected chi connectivity index (χ2v) is 4.21. The molecule has 1 aromatic carbocycles. The van der Waals surface area contributed by atoms with Gasteiger partial charge in [-0.25, -0.2) is 0 Å². The SMILES string of the molecule is CC1CNC(C(O)c2ccccc2)C1. The Labute approximate surface area is 85.0 Å². The molecular formula is C12H17NO. The minimum atomic E-state index is -0.360. The first-order valence-electron chi connectivity index (χ1n) is 5.24. The number of hydrogen-bond donors (Lipinski definition) is 2. The Bertz CT molecular complexity index is 286. The molecule has 0 bridgehead atoms. The summed E-state index contributed by atoms with van der Waals surface area (Å²) in [5, 5.41) is 13.4. The molecule has 1 aromatic rings. The van der Waals surface area contributed by atoms with Crippen molar-refractivity contribution in [3.05, 3.63) is 35.9 Å². The van der Waals surface area contributed by atoms with Crippen molar-refractivity contribution in [1.82, 2.24) is 5.32 Å². The third-order valence-corrected chi connectivity index (χ3v) is 2.91. The van der Waals surface area contributed by atoms with Crippen molar-refractivity contribution >= 4 is 0 Å². The molecule has 1 fully saturated rings. The lowest BCUT2D eigenvalue weighted by atomic mass is 9.98. The van der Waals surface area contributed by atoms with Crippen LogP contribution in [-0.2, 0) is 0 Å². The van der Waals surface area contributed by atoms with Crippen LogP contribution in [0, 0.1) is 5.92 Å². The lowest BCUT2D eigenvalue weighted by Crippen LogP contribution is -2.28. The van der Waals surface area contributed by atoms with Gasteiger partial charge in [0.1, 0.15) is 0 Å². The van der Waals surface area contributed by atoms with E-state index in [1.807, 2.05) is 30.3 Å². The smallest absolute Gasteiger partial charge is 0.0943 e. The molecule has 2 rings (SSSR count). The number of benzene rings is 1. The van der Waals surface area contributed by atoms with Gasteiger partial charge >= 0.3 is 0 Å². The van der Waals surface area contributed by atoms with Crippen molar-refractivity contribution in [1.29, 1.82) is 0 Å². The van der Waals surface area contributed by atoms with Crippen molar-refractivity contribution in [2.75, 3.05) is 6.54 Å². The lowest BCUT2D eigenvalue weighted by molar-refractivity contribution is 0.136. The molecule has 1 aliphatic rings. The second-order valence-electron chi connectivity index (χ2n) is 4.21. The van der Waals surface area contributed by atoms with Crippen LogP contribution in [0.2, 0.25) is 0 Å². The average Bonchev–Trinajstić information content (AvgIpc) is 2.65. The zero-order chi connectivity index (χ0) is 9.97. The van der Waals surface area contributed by atoms with Crippen LogP contribution >= 0.6 is 0 Å². The number of rotatable bonds is 2. The maximum Gasteiger partial charge on any atom is 0.0943 e. The Morgan fingerprint density at radius 2 is 2.07 bits per heavy atom. The Hall–Kier alpha value is -0.860. The Balaban J connectivity index is 2.05. The molecule has 0 aromatic heterocycles. The van der Waals surface area contributed by atoms with Crippen LogP contribution in [0.4, 0.5) is 0 Å². The van der Waals surface area contributed by atoms with Crippen LogP contribution in [-0.4, -0.2) is 17.7 Å². The summed E-state index contributed by atoms with van der Waals surface area (Å²) in [6.45, 7) is 3.24. The average molecular weight is 191 g/mol. The summed E-state index contributed by atoms with van der Waals surface area (Å²) in [4.78, 5) is 0. The van der Waals surface area contributed by atoms with Gasteiger partial charge in [0, 0.05) is 6.04 Å². The van der Waals surface area contributed by atoms with Crippen molar-refractivity contribution < 1.29 is 5.11 Å². The topological polar surface area (TPSA) is 32.3 Å². The highest BCUT2D eigenvalue weighted by Crippen LogP contribution is 2.25. The highest BCUT2D eigenvalue weighted by atomic mass is 16.3. The monoisotopic (exact) mass is 191 g/mol. The van der Waals surface area contributed by atoms with E-state index < -0.39 is 0 Å². The van der Waals surface area contributed by atoms with Gasteiger partial charge in [-0.15, -0.1) is 0 Å². The van der Waals surface area contributed by atoms with Gasteiger partial charge in [0.15, 0.2) is 0 Å². The van der Waals surface area contributed by atoms with Crippen molar-refractivity contribution in [2.24, 2.45) is 5.92 Å². The van der Waals surface area contributed by atoms with Crippen molar-refractivity contribution in [3.63, 3.8) is 0 Å². The summed E-state index contributed by atoms with van der Waals surface area (Å²) < 4.78 is 0. The van der Waals surface area contributed by atoms with E-state index in [4.69, 9.17) is 0 Å². The molecule has 2 heteroatoms. The van der Waals surface area contributed by atoms with Crippen LogP contribution < -0.4 is 5.32 Å². The van der Waals surface area contributed by atoms with Gasteiger partial charge in [-0.2, -0.15) is 0 Å². The van der Waals surface area contributed by atoms with Crippen LogP contribution in [0.5, 0.6) is 0 Å². The minimum absolute atomic E-state index is 0.229. The first kappa shape index (κ1) is 9.69. The highest BCUT2D eigenvalue weighted by molar-refractivity contribution is 5.19. The first-order valence-corrected chi connectivity index (χ1v) is 5.24. The van der Waals surface area contributed by atoms with E-state index in [0.717, 1.165) is 18.5 Å². The van der Waals surface area contributed by atoms with E-state index in [2.05, 4.69) is 12.2 Å². The van der Waals surface area contributed by atoms with Gasteiger partial charge in [-0.3, -0.25) is 0 Å². The predicted molar refractivity (Wildman–Crippen MR) is 57.0 cm³/mol. The van der Waals surface area contributed by atoms with Gasteiger partial charge in [0.2, 0.25) is 0 Å². The molecule has 1 heterocycles. The minimum Gasteiger partial charge on any atom is -0.387 e. The van der Waals surface area contributed by atoms with E-state index in [-0.39, 0.29) is 12.1 Å².